The minimum Gasteiger partial charge on any atom is -0.497 e. The van der Waals surface area contributed by atoms with Gasteiger partial charge in [0, 0.05) is 6.08 Å². The lowest BCUT2D eigenvalue weighted by Gasteiger charge is -2.09. The fraction of sp³-hybridized carbons (Fsp3) is 0.471. The molecule has 0 fully saturated rings. The minimum absolute atomic E-state index is 0.288. The lowest BCUT2D eigenvalue weighted by atomic mass is 10.1. The molecule has 0 radical (unpaired) electrons. The molecule has 0 amide bonds. The largest absolute Gasteiger partial charge is 0.497 e. The van der Waals surface area contributed by atoms with Crippen LogP contribution in [0.25, 0.3) is 6.08 Å². The van der Waals surface area contributed by atoms with Crippen LogP contribution in [0.2, 0.25) is 0 Å². The van der Waals surface area contributed by atoms with Crippen LogP contribution < -0.4 is 4.74 Å². The normalized spacial score (nSPS) is 12.3. The van der Waals surface area contributed by atoms with Crippen molar-refractivity contribution in [3.8, 4) is 5.75 Å². The van der Waals surface area contributed by atoms with Gasteiger partial charge in [0.1, 0.15) is 5.75 Å². The molecular weight excluding hydrogens is 252 g/mol. The second-order valence-electron chi connectivity index (χ2n) is 4.98. The molecule has 3 heteroatoms. The van der Waals surface area contributed by atoms with E-state index in [9.17, 15) is 4.79 Å². The van der Waals surface area contributed by atoms with Gasteiger partial charge in [-0.15, -0.1) is 0 Å². The van der Waals surface area contributed by atoms with E-state index in [-0.39, 0.29) is 5.97 Å². The van der Waals surface area contributed by atoms with Crippen molar-refractivity contribution in [1.82, 2.24) is 0 Å². The Bertz CT molecular complexity index is 420. The lowest BCUT2D eigenvalue weighted by Crippen LogP contribution is -2.09. The molecule has 1 aromatic rings. The van der Waals surface area contributed by atoms with Crippen molar-refractivity contribution in [2.24, 2.45) is 5.92 Å². The molecule has 0 saturated carbocycles. The molecule has 3 nitrogen and oxygen atoms in total. The van der Waals surface area contributed by atoms with Crippen LogP contribution in [0.5, 0.6) is 5.75 Å². The first-order valence-corrected chi connectivity index (χ1v) is 7.14. The highest BCUT2D eigenvalue weighted by atomic mass is 16.5. The first-order chi connectivity index (χ1) is 9.65. The maximum Gasteiger partial charge on any atom is 0.330 e. The summed E-state index contributed by atoms with van der Waals surface area (Å²) in [5.74, 6) is 0.937. The van der Waals surface area contributed by atoms with Gasteiger partial charge in [-0.1, -0.05) is 38.8 Å². The van der Waals surface area contributed by atoms with Crippen LogP contribution in [0.15, 0.2) is 30.3 Å². The summed E-state index contributed by atoms with van der Waals surface area (Å²) in [6.45, 7) is 4.76. The molecule has 0 saturated heterocycles. The van der Waals surface area contributed by atoms with Crippen LogP contribution in [-0.2, 0) is 9.53 Å². The fourth-order valence-corrected chi connectivity index (χ4v) is 1.79. The summed E-state index contributed by atoms with van der Waals surface area (Å²) in [7, 11) is 1.63. The molecule has 1 unspecified atom stereocenters. The first-order valence-electron chi connectivity index (χ1n) is 7.14. The van der Waals surface area contributed by atoms with Crippen molar-refractivity contribution in [2.75, 3.05) is 13.7 Å². The molecule has 0 aliphatic heterocycles. The lowest BCUT2D eigenvalue weighted by molar-refractivity contribution is -0.138. The standard InChI is InChI=1S/C17H24O3/c1-4-5-6-14(2)13-20-17(18)12-9-15-7-10-16(19-3)11-8-15/h7-12,14H,4-6,13H2,1-3H3/b12-9+. The van der Waals surface area contributed by atoms with Crippen molar-refractivity contribution in [3.63, 3.8) is 0 Å². The maximum absolute atomic E-state index is 11.6. The third-order valence-corrected chi connectivity index (χ3v) is 3.09. The molecule has 1 rings (SSSR count). The Morgan fingerprint density at radius 3 is 2.60 bits per heavy atom. The maximum atomic E-state index is 11.6. The highest BCUT2D eigenvalue weighted by molar-refractivity contribution is 5.87. The molecule has 0 aromatic heterocycles. The SMILES string of the molecule is CCCCC(C)COC(=O)/C=C/c1ccc(OC)cc1. The topological polar surface area (TPSA) is 35.5 Å². The van der Waals surface area contributed by atoms with E-state index in [1.165, 1.54) is 18.9 Å². The molecule has 0 spiro atoms. The van der Waals surface area contributed by atoms with Crippen LogP contribution in [0.4, 0.5) is 0 Å². The zero-order chi connectivity index (χ0) is 14.8. The van der Waals surface area contributed by atoms with Gasteiger partial charge in [0.15, 0.2) is 0 Å². The third-order valence-electron chi connectivity index (χ3n) is 3.09. The van der Waals surface area contributed by atoms with Crippen molar-refractivity contribution in [3.05, 3.63) is 35.9 Å². The molecule has 0 heterocycles. The van der Waals surface area contributed by atoms with E-state index >= 15 is 0 Å². The van der Waals surface area contributed by atoms with E-state index < -0.39 is 0 Å². The number of hydrogen-bond donors (Lipinski definition) is 0. The molecule has 0 aliphatic rings. The van der Waals surface area contributed by atoms with Gasteiger partial charge in [0.05, 0.1) is 13.7 Å². The summed E-state index contributed by atoms with van der Waals surface area (Å²) in [5.41, 5.74) is 0.946. The zero-order valence-corrected chi connectivity index (χ0v) is 12.6. The van der Waals surface area contributed by atoms with Crippen molar-refractivity contribution in [2.45, 2.75) is 33.1 Å². The molecule has 110 valence electrons. The van der Waals surface area contributed by atoms with Gasteiger partial charge in [0.2, 0.25) is 0 Å². The molecule has 0 bridgehead atoms. The number of carbonyl (C=O) groups excluding carboxylic acids is 1. The Morgan fingerprint density at radius 2 is 2.00 bits per heavy atom. The summed E-state index contributed by atoms with van der Waals surface area (Å²) < 4.78 is 10.3. The van der Waals surface area contributed by atoms with Crippen LogP contribution >= 0.6 is 0 Å². The highest BCUT2D eigenvalue weighted by Gasteiger charge is 2.04. The number of carbonyl (C=O) groups is 1. The molecule has 1 atom stereocenters. The van der Waals surface area contributed by atoms with Crippen LogP contribution in [0.3, 0.4) is 0 Å². The number of esters is 1. The van der Waals surface area contributed by atoms with Gasteiger partial charge >= 0.3 is 5.97 Å². The Labute approximate surface area is 121 Å². The highest BCUT2D eigenvalue weighted by Crippen LogP contribution is 2.12. The fourth-order valence-electron chi connectivity index (χ4n) is 1.79. The third kappa shape index (κ3) is 6.41. The van der Waals surface area contributed by atoms with Gasteiger partial charge in [-0.25, -0.2) is 4.79 Å². The van der Waals surface area contributed by atoms with Gasteiger partial charge in [0.25, 0.3) is 0 Å². The molecule has 1 aromatic carbocycles. The smallest absolute Gasteiger partial charge is 0.330 e. The summed E-state index contributed by atoms with van der Waals surface area (Å²) in [6.07, 6.45) is 6.68. The van der Waals surface area contributed by atoms with Gasteiger partial charge in [-0.3, -0.25) is 0 Å². The van der Waals surface area contributed by atoms with E-state index in [4.69, 9.17) is 9.47 Å². The number of benzene rings is 1. The van der Waals surface area contributed by atoms with Crippen molar-refractivity contribution >= 4 is 12.0 Å². The summed E-state index contributed by atoms with van der Waals surface area (Å²) in [6, 6.07) is 7.51. The molecule has 20 heavy (non-hydrogen) atoms. The molecule has 0 aliphatic carbocycles. The average molecular weight is 276 g/mol. The van der Waals surface area contributed by atoms with Crippen LogP contribution in [0.1, 0.15) is 38.7 Å². The second-order valence-corrected chi connectivity index (χ2v) is 4.98. The van der Waals surface area contributed by atoms with E-state index in [0.717, 1.165) is 17.7 Å². The second kappa shape index (κ2) is 9.18. The van der Waals surface area contributed by atoms with Gasteiger partial charge in [-0.05, 0) is 36.1 Å². The first kappa shape index (κ1) is 16.3. The minimum atomic E-state index is -0.288. The number of hydrogen-bond acceptors (Lipinski definition) is 3. The summed E-state index contributed by atoms with van der Waals surface area (Å²) in [4.78, 5) is 11.6. The van der Waals surface area contributed by atoms with E-state index in [0.29, 0.717) is 12.5 Å². The number of methoxy groups -OCH3 is 1. The quantitative estimate of drug-likeness (QED) is 0.530. The number of ether oxygens (including phenoxy) is 2. The predicted molar refractivity (Wildman–Crippen MR) is 81.7 cm³/mol. The Morgan fingerprint density at radius 1 is 1.30 bits per heavy atom. The average Bonchev–Trinajstić information content (AvgIpc) is 2.49. The van der Waals surface area contributed by atoms with Crippen LogP contribution in [-0.4, -0.2) is 19.7 Å². The molecular formula is C17H24O3. The molecule has 0 N–H and O–H groups in total. The summed E-state index contributed by atoms with van der Waals surface area (Å²) in [5, 5.41) is 0. The van der Waals surface area contributed by atoms with Crippen molar-refractivity contribution in [1.29, 1.82) is 0 Å². The van der Waals surface area contributed by atoms with Crippen molar-refractivity contribution < 1.29 is 14.3 Å². The zero-order valence-electron chi connectivity index (χ0n) is 12.6. The number of unbranched alkanes of at least 4 members (excludes halogenated alkanes) is 1. The van der Waals surface area contributed by atoms with E-state index in [1.807, 2.05) is 24.3 Å². The Balaban J connectivity index is 2.35. The van der Waals surface area contributed by atoms with E-state index in [1.54, 1.807) is 13.2 Å². The van der Waals surface area contributed by atoms with Crippen LogP contribution in [0, 0.1) is 5.92 Å². The summed E-state index contributed by atoms with van der Waals surface area (Å²) >= 11 is 0. The number of rotatable bonds is 8. The van der Waals surface area contributed by atoms with Gasteiger partial charge in [-0.2, -0.15) is 0 Å². The van der Waals surface area contributed by atoms with Gasteiger partial charge < -0.3 is 9.47 Å². The van der Waals surface area contributed by atoms with E-state index in [2.05, 4.69) is 13.8 Å². The monoisotopic (exact) mass is 276 g/mol. The Kier molecular flexibility index (Phi) is 7.48. The predicted octanol–water partition coefficient (Wildman–Crippen LogP) is 4.08. The Hall–Kier alpha value is -1.77.